The van der Waals surface area contributed by atoms with Crippen LogP contribution in [0.4, 0.5) is 0 Å². The highest BCUT2D eigenvalue weighted by atomic mass is 16.6. The Morgan fingerprint density at radius 2 is 1.29 bits per heavy atom. The Hall–Kier alpha value is -3.82. The molecule has 1 saturated heterocycles. The van der Waals surface area contributed by atoms with Crippen molar-refractivity contribution >= 4 is 35.8 Å². The molecule has 0 radical (unpaired) electrons. The van der Waals surface area contributed by atoms with Crippen molar-refractivity contribution in [3.05, 3.63) is 24.3 Å². The van der Waals surface area contributed by atoms with E-state index in [1.165, 1.54) is 4.90 Å². The van der Waals surface area contributed by atoms with Gasteiger partial charge < -0.3 is 39.7 Å². The first-order valence-corrected chi connectivity index (χ1v) is 17.2. The zero-order valence-electron chi connectivity index (χ0n) is 30.6. The number of carbonyl (C=O) groups excluding carboxylic acids is 3. The first-order valence-electron chi connectivity index (χ1n) is 17.2. The zero-order valence-corrected chi connectivity index (χ0v) is 30.6. The number of carboxylic acid groups (broad SMARTS) is 3. The van der Waals surface area contributed by atoms with Gasteiger partial charge in [0.2, 0.25) is 0 Å². The van der Waals surface area contributed by atoms with E-state index in [2.05, 4.69) is 6.58 Å². The highest BCUT2D eigenvalue weighted by Crippen LogP contribution is 2.48. The number of allylic oxidation sites excluding steroid dienone is 2. The van der Waals surface area contributed by atoms with E-state index in [0.717, 1.165) is 0 Å². The molecule has 51 heavy (non-hydrogen) atoms. The van der Waals surface area contributed by atoms with E-state index >= 15 is 0 Å². The number of likely N-dealkylation sites (tertiary alicyclic amines) is 1. The minimum Gasteiger partial charge on any atom is -0.481 e. The van der Waals surface area contributed by atoms with Gasteiger partial charge in [0.05, 0.1) is 29.1 Å². The molecule has 9 atom stereocenters. The molecule has 1 saturated carbocycles. The van der Waals surface area contributed by atoms with Crippen molar-refractivity contribution in [1.29, 1.82) is 0 Å². The molecule has 15 heteroatoms. The number of carboxylic acids is 3. The lowest BCUT2D eigenvalue weighted by atomic mass is 9.83. The minimum atomic E-state index is -1.34. The number of esters is 3. The second-order valence-corrected chi connectivity index (χ2v) is 15.0. The van der Waals surface area contributed by atoms with Crippen molar-refractivity contribution in [3.8, 4) is 0 Å². The molecule has 0 spiro atoms. The number of nitrogens with zero attached hydrogens (tertiary/aromatic N) is 1. The molecule has 9 unspecified atom stereocenters. The summed E-state index contributed by atoms with van der Waals surface area (Å²) in [6, 6.07) is -1.19. The van der Waals surface area contributed by atoms with E-state index in [1.807, 2.05) is 26.0 Å². The summed E-state index contributed by atoms with van der Waals surface area (Å²) in [7, 11) is 0. The Labute approximate surface area is 298 Å². The van der Waals surface area contributed by atoms with E-state index in [0.29, 0.717) is 24.8 Å². The topological polar surface area (TPSA) is 234 Å². The van der Waals surface area contributed by atoms with Gasteiger partial charge in [-0.05, 0) is 71.6 Å². The molecule has 1 heterocycles. The smallest absolute Gasteiger partial charge is 0.321 e. The molecule has 288 valence electrons. The van der Waals surface area contributed by atoms with Gasteiger partial charge in [0.1, 0.15) is 38.2 Å². The molecule has 1 aliphatic heterocycles. The Morgan fingerprint density at radius 3 is 1.75 bits per heavy atom. The Kier molecular flexibility index (Phi) is 15.4. The van der Waals surface area contributed by atoms with Crippen LogP contribution < -0.4 is 0 Å². The molecule has 0 aromatic heterocycles. The summed E-state index contributed by atoms with van der Waals surface area (Å²) in [5.74, 6) is -7.74. The van der Waals surface area contributed by atoms with Crippen LogP contribution in [0.15, 0.2) is 24.3 Å². The molecule has 5 N–H and O–H groups in total. The molecule has 0 aromatic rings. The standard InChI is InChI=1S/C18H29NO7.C18H26O7/c1-6-18(4,5)17(25)26-9-13(20)19-8-12(10(2)3)11(7-14(21)22)15(19)16(23)24;1-4-18(2,3)17(23)25-9-12(19)8-24-16(22)14-11-6-5-10(7-11)13(14)15(20)21/h11-13,15,20H,2,6-9H2,1,3-5H3,(H,21,22)(H,23,24);5-6,10-14,19H,4,7-9H2,1-3H3,(H,20,21). The molecular weight excluding hydrogens is 670 g/mol. The first-order chi connectivity index (χ1) is 23.6. The first kappa shape index (κ1) is 43.3. The quantitative estimate of drug-likeness (QED) is 0.0824. The number of hydrogen-bond donors (Lipinski definition) is 5. The molecule has 2 fully saturated rings. The third-order valence-electron chi connectivity index (χ3n) is 10.4. The maximum absolute atomic E-state index is 12.3. The van der Waals surface area contributed by atoms with Crippen LogP contribution in [0.5, 0.6) is 0 Å². The fraction of sp³-hybridized carbons (Fsp3) is 0.722. The lowest BCUT2D eigenvalue weighted by Crippen LogP contribution is -2.48. The van der Waals surface area contributed by atoms with E-state index in [9.17, 15) is 49.2 Å². The van der Waals surface area contributed by atoms with Gasteiger partial charge in [0.25, 0.3) is 0 Å². The van der Waals surface area contributed by atoms with Crippen molar-refractivity contribution in [2.24, 2.45) is 46.3 Å². The normalized spacial score (nSPS) is 26.7. The number of ether oxygens (including phenoxy) is 3. The fourth-order valence-corrected chi connectivity index (χ4v) is 6.45. The highest BCUT2D eigenvalue weighted by Gasteiger charge is 2.53. The van der Waals surface area contributed by atoms with Crippen LogP contribution >= 0.6 is 0 Å². The average Bonchev–Trinajstić information content (AvgIpc) is 3.78. The summed E-state index contributed by atoms with van der Waals surface area (Å²) in [6.07, 6.45) is 2.68. The van der Waals surface area contributed by atoms with E-state index < -0.39 is 82.8 Å². The summed E-state index contributed by atoms with van der Waals surface area (Å²) >= 11 is 0. The van der Waals surface area contributed by atoms with Gasteiger partial charge in [-0.15, -0.1) is 0 Å². The van der Waals surface area contributed by atoms with Gasteiger partial charge in [-0.1, -0.05) is 38.2 Å². The van der Waals surface area contributed by atoms with Crippen LogP contribution in [0.25, 0.3) is 0 Å². The summed E-state index contributed by atoms with van der Waals surface area (Å²) in [6.45, 7) is 15.3. The second kappa shape index (κ2) is 18.1. The van der Waals surface area contributed by atoms with Crippen molar-refractivity contribution in [2.75, 3.05) is 26.4 Å². The van der Waals surface area contributed by atoms with Crippen LogP contribution in [0.1, 0.15) is 74.1 Å². The molecule has 2 bridgehead atoms. The zero-order chi connectivity index (χ0) is 39.0. The predicted octanol–water partition coefficient (Wildman–Crippen LogP) is 2.73. The van der Waals surface area contributed by atoms with Gasteiger partial charge in [0.15, 0.2) is 0 Å². The van der Waals surface area contributed by atoms with E-state index in [4.69, 9.17) is 19.3 Å². The van der Waals surface area contributed by atoms with Crippen molar-refractivity contribution < 1.29 is 68.5 Å². The van der Waals surface area contributed by atoms with Crippen molar-refractivity contribution in [3.63, 3.8) is 0 Å². The van der Waals surface area contributed by atoms with Gasteiger partial charge in [-0.3, -0.25) is 33.7 Å². The van der Waals surface area contributed by atoms with Crippen LogP contribution in [-0.2, 0) is 43.0 Å². The Morgan fingerprint density at radius 1 is 0.804 bits per heavy atom. The van der Waals surface area contributed by atoms with Crippen molar-refractivity contribution in [2.45, 2.75) is 92.5 Å². The number of carbonyl (C=O) groups is 6. The number of aliphatic hydroxyl groups is 2. The number of aliphatic carboxylic acids is 3. The number of fused-ring (bicyclic) bond motifs is 2. The van der Waals surface area contributed by atoms with Gasteiger partial charge in [-0.2, -0.15) is 0 Å². The van der Waals surface area contributed by atoms with Gasteiger partial charge >= 0.3 is 35.8 Å². The Bertz CT molecular complexity index is 1340. The molecule has 2 aliphatic carbocycles. The molecule has 15 nitrogen and oxygen atoms in total. The number of hydrogen-bond acceptors (Lipinski definition) is 12. The molecule has 0 amide bonds. The van der Waals surface area contributed by atoms with E-state index in [-0.39, 0.29) is 50.5 Å². The largest absolute Gasteiger partial charge is 0.481 e. The predicted molar refractivity (Wildman–Crippen MR) is 181 cm³/mol. The Balaban J connectivity index is 0.000000354. The monoisotopic (exact) mass is 725 g/mol. The van der Waals surface area contributed by atoms with Gasteiger partial charge in [-0.25, -0.2) is 0 Å². The third-order valence-corrected chi connectivity index (χ3v) is 10.4. The minimum absolute atomic E-state index is 0.126. The molecule has 0 aromatic carbocycles. The summed E-state index contributed by atoms with van der Waals surface area (Å²) in [5, 5.41) is 48.3. The van der Waals surface area contributed by atoms with E-state index in [1.54, 1.807) is 34.6 Å². The SMILES string of the molecule is C=C(C)C1CN(C(O)COC(=O)C(C)(C)CC)C(C(=O)O)C1CC(=O)O.CCC(C)(C)C(=O)OCC(O)COC(=O)C1C2C=CC(C2)C1C(=O)O. The summed E-state index contributed by atoms with van der Waals surface area (Å²) in [4.78, 5) is 71.7. The lowest BCUT2D eigenvalue weighted by Gasteiger charge is -2.29. The summed E-state index contributed by atoms with van der Waals surface area (Å²) < 4.78 is 15.3. The molecule has 3 aliphatic rings. The second-order valence-electron chi connectivity index (χ2n) is 15.0. The van der Waals surface area contributed by atoms with Gasteiger partial charge in [0, 0.05) is 12.5 Å². The number of aliphatic hydroxyl groups excluding tert-OH is 2. The summed E-state index contributed by atoms with van der Waals surface area (Å²) in [5.41, 5.74) is -0.690. The van der Waals surface area contributed by atoms with Crippen LogP contribution in [0, 0.1) is 46.3 Å². The van der Waals surface area contributed by atoms with Crippen molar-refractivity contribution in [1.82, 2.24) is 4.90 Å². The highest BCUT2D eigenvalue weighted by molar-refractivity contribution is 5.83. The maximum Gasteiger partial charge on any atom is 0.321 e. The van der Waals surface area contributed by atoms with Crippen LogP contribution in [-0.4, -0.2) is 111 Å². The fourth-order valence-electron chi connectivity index (χ4n) is 6.45. The maximum atomic E-state index is 12.3. The average molecular weight is 726 g/mol. The van der Waals surface area contributed by atoms with Crippen LogP contribution in [0.3, 0.4) is 0 Å². The number of rotatable bonds is 17. The third kappa shape index (κ3) is 11.1. The molecular formula is C36H55NO14. The molecule has 3 rings (SSSR count). The van der Waals surface area contributed by atoms with Crippen LogP contribution in [0.2, 0.25) is 0 Å². The lowest BCUT2D eigenvalue weighted by molar-refractivity contribution is -0.165.